The maximum atomic E-state index is 12.9. The Kier molecular flexibility index (Phi) is 4.16. The minimum absolute atomic E-state index is 0.299. The Morgan fingerprint density at radius 2 is 1.75 bits per heavy atom. The molecule has 0 atom stereocenters. The summed E-state index contributed by atoms with van der Waals surface area (Å²) in [5.74, 6) is 0.157. The van der Waals surface area contributed by atoms with Gasteiger partial charge >= 0.3 is 5.69 Å². The summed E-state index contributed by atoms with van der Waals surface area (Å²) < 4.78 is 15.6. The van der Waals surface area contributed by atoms with Gasteiger partial charge < -0.3 is 4.98 Å². The van der Waals surface area contributed by atoms with Crippen LogP contribution in [0.3, 0.4) is 0 Å². The molecule has 3 rings (SSSR count). The first kappa shape index (κ1) is 15.9. The smallest absolute Gasteiger partial charge is 0.332 e. The van der Waals surface area contributed by atoms with E-state index >= 15 is 0 Å². The molecule has 1 N–H and O–H groups in total. The normalized spacial score (nSPS) is 11.6. The van der Waals surface area contributed by atoms with Crippen LogP contribution in [0.4, 0.5) is 4.39 Å². The lowest BCUT2D eigenvalue weighted by Crippen LogP contribution is -2.39. The van der Waals surface area contributed by atoms with Crippen LogP contribution in [0.15, 0.2) is 33.9 Å². The van der Waals surface area contributed by atoms with Gasteiger partial charge in [0, 0.05) is 13.1 Å². The molecule has 7 heteroatoms. The molecule has 0 bridgehead atoms. The van der Waals surface area contributed by atoms with Gasteiger partial charge in [-0.05, 0) is 37.6 Å². The van der Waals surface area contributed by atoms with E-state index in [1.165, 1.54) is 21.3 Å². The number of halogens is 1. The number of benzene rings is 1. The number of hydrogen-bond acceptors (Lipinski definition) is 3. The summed E-state index contributed by atoms with van der Waals surface area (Å²) >= 11 is 0. The number of aromatic nitrogens is 4. The molecule has 2 aromatic heterocycles. The highest BCUT2D eigenvalue weighted by Crippen LogP contribution is 2.10. The molecule has 6 nitrogen and oxygen atoms in total. The Bertz CT molecular complexity index is 1030. The first-order valence-electron chi connectivity index (χ1n) is 7.72. The fraction of sp³-hybridized carbons (Fsp3) is 0.235. The van der Waals surface area contributed by atoms with Crippen LogP contribution in [0, 0.1) is 5.82 Å². The molecule has 0 saturated carbocycles. The summed E-state index contributed by atoms with van der Waals surface area (Å²) in [7, 11) is 0. The van der Waals surface area contributed by atoms with Crippen LogP contribution >= 0.6 is 0 Å². The number of fused-ring (bicyclic) bond motifs is 1. The molecular weight excluding hydrogens is 311 g/mol. The molecule has 0 amide bonds. The van der Waals surface area contributed by atoms with Crippen molar-refractivity contribution < 1.29 is 4.39 Å². The summed E-state index contributed by atoms with van der Waals surface area (Å²) in [5.41, 5.74) is 0.706. The van der Waals surface area contributed by atoms with Crippen LogP contribution in [-0.4, -0.2) is 19.1 Å². The molecule has 0 aliphatic heterocycles. The number of aryl methyl sites for hydroxylation is 1. The molecule has 1 aromatic carbocycles. The Morgan fingerprint density at radius 3 is 2.38 bits per heavy atom. The number of nitrogens with zero attached hydrogens (tertiary/aromatic N) is 3. The molecule has 24 heavy (non-hydrogen) atoms. The van der Waals surface area contributed by atoms with E-state index in [4.69, 9.17) is 0 Å². The largest absolute Gasteiger partial charge is 0.333 e. The number of imidazole rings is 1. The third-order valence-corrected chi connectivity index (χ3v) is 3.82. The van der Waals surface area contributed by atoms with Gasteiger partial charge in [0.2, 0.25) is 0 Å². The number of aromatic amines is 1. The van der Waals surface area contributed by atoms with Crippen LogP contribution < -0.4 is 11.2 Å². The van der Waals surface area contributed by atoms with E-state index in [-0.39, 0.29) is 17.1 Å². The van der Waals surface area contributed by atoms with Gasteiger partial charge in [-0.3, -0.25) is 13.9 Å². The second-order valence-electron chi connectivity index (χ2n) is 5.28. The molecule has 0 unspecified atom stereocenters. The van der Waals surface area contributed by atoms with E-state index in [0.29, 0.717) is 30.1 Å². The molecular formula is C17H17FN4O2. The van der Waals surface area contributed by atoms with Crippen LogP contribution in [0.2, 0.25) is 0 Å². The van der Waals surface area contributed by atoms with Crippen molar-refractivity contribution in [3.8, 4) is 0 Å². The topological polar surface area (TPSA) is 72.7 Å². The third-order valence-electron chi connectivity index (χ3n) is 3.82. The highest BCUT2D eigenvalue weighted by atomic mass is 19.1. The first-order valence-corrected chi connectivity index (χ1v) is 7.72. The lowest BCUT2D eigenvalue weighted by molar-refractivity contribution is 0.605. The lowest BCUT2D eigenvalue weighted by Gasteiger charge is -2.06. The molecule has 0 fully saturated rings. The Balaban J connectivity index is 2.11. The Morgan fingerprint density at radius 1 is 1.08 bits per heavy atom. The van der Waals surface area contributed by atoms with E-state index < -0.39 is 0 Å². The van der Waals surface area contributed by atoms with Crippen molar-refractivity contribution in [2.24, 2.45) is 0 Å². The fourth-order valence-electron chi connectivity index (χ4n) is 2.58. The van der Waals surface area contributed by atoms with Gasteiger partial charge in [0.25, 0.3) is 5.56 Å². The fourth-order valence-corrected chi connectivity index (χ4v) is 2.58. The molecule has 0 spiro atoms. The summed E-state index contributed by atoms with van der Waals surface area (Å²) in [6, 6.07) is 6.01. The van der Waals surface area contributed by atoms with E-state index in [2.05, 4.69) is 9.97 Å². The van der Waals surface area contributed by atoms with Crippen LogP contribution in [0.25, 0.3) is 23.3 Å². The second-order valence-corrected chi connectivity index (χ2v) is 5.28. The molecule has 0 aliphatic carbocycles. The molecule has 2 heterocycles. The molecule has 0 radical (unpaired) electrons. The second kappa shape index (κ2) is 6.27. The molecule has 124 valence electrons. The van der Waals surface area contributed by atoms with Gasteiger partial charge in [-0.1, -0.05) is 18.2 Å². The third kappa shape index (κ3) is 2.68. The first-order chi connectivity index (χ1) is 11.5. The summed E-state index contributed by atoms with van der Waals surface area (Å²) in [6.07, 6.45) is 3.44. The zero-order valence-electron chi connectivity index (χ0n) is 13.4. The summed E-state index contributed by atoms with van der Waals surface area (Å²) in [6.45, 7) is 4.29. The van der Waals surface area contributed by atoms with E-state index in [0.717, 1.165) is 5.56 Å². The summed E-state index contributed by atoms with van der Waals surface area (Å²) in [5, 5.41) is 0. The number of rotatable bonds is 4. The maximum absolute atomic E-state index is 12.9. The SMILES string of the molecule is CCn1c(=O)c2[nH]c(C=Cc3ccc(F)cc3)nc2n(CC)c1=O. The van der Waals surface area contributed by atoms with E-state index in [1.54, 1.807) is 31.2 Å². The van der Waals surface area contributed by atoms with Crippen LogP contribution in [0.1, 0.15) is 25.2 Å². The van der Waals surface area contributed by atoms with Gasteiger partial charge in [-0.15, -0.1) is 0 Å². The quantitative estimate of drug-likeness (QED) is 0.798. The number of H-pyrrole nitrogens is 1. The van der Waals surface area contributed by atoms with Crippen molar-refractivity contribution in [1.29, 1.82) is 0 Å². The average Bonchev–Trinajstić information content (AvgIpc) is 2.99. The standard InChI is InChI=1S/C17H17FN4O2/c1-3-21-15-14(16(23)22(4-2)17(21)24)19-13(20-15)10-7-11-5-8-12(18)9-6-11/h5-10H,3-4H2,1-2H3,(H,19,20). The zero-order valence-corrected chi connectivity index (χ0v) is 13.4. The number of hydrogen-bond donors (Lipinski definition) is 1. The van der Waals surface area contributed by atoms with E-state index in [9.17, 15) is 14.0 Å². The lowest BCUT2D eigenvalue weighted by atomic mass is 10.2. The highest BCUT2D eigenvalue weighted by Gasteiger charge is 2.14. The predicted molar refractivity (Wildman–Crippen MR) is 91.3 cm³/mol. The van der Waals surface area contributed by atoms with Gasteiger partial charge in [-0.2, -0.15) is 0 Å². The Labute approximate surface area is 136 Å². The summed E-state index contributed by atoms with van der Waals surface area (Å²) in [4.78, 5) is 32.0. The van der Waals surface area contributed by atoms with Gasteiger partial charge in [-0.25, -0.2) is 14.2 Å². The predicted octanol–water partition coefficient (Wildman–Crippen LogP) is 2.24. The van der Waals surface area contributed by atoms with Gasteiger partial charge in [0.1, 0.15) is 17.2 Å². The number of nitrogens with one attached hydrogen (secondary N) is 1. The molecule has 3 aromatic rings. The van der Waals surface area contributed by atoms with Crippen LogP contribution in [-0.2, 0) is 13.1 Å². The van der Waals surface area contributed by atoms with Crippen molar-refractivity contribution in [1.82, 2.24) is 19.1 Å². The van der Waals surface area contributed by atoms with Crippen molar-refractivity contribution in [2.45, 2.75) is 26.9 Å². The average molecular weight is 328 g/mol. The van der Waals surface area contributed by atoms with Crippen molar-refractivity contribution in [3.63, 3.8) is 0 Å². The molecule has 0 saturated heterocycles. The minimum atomic E-state index is -0.379. The van der Waals surface area contributed by atoms with Crippen LogP contribution in [0.5, 0.6) is 0 Å². The van der Waals surface area contributed by atoms with Crippen molar-refractivity contribution >= 4 is 23.3 Å². The Hall–Kier alpha value is -2.96. The van der Waals surface area contributed by atoms with Crippen molar-refractivity contribution in [2.75, 3.05) is 0 Å². The monoisotopic (exact) mass is 328 g/mol. The van der Waals surface area contributed by atoms with Crippen molar-refractivity contribution in [3.05, 3.63) is 62.3 Å². The van der Waals surface area contributed by atoms with Gasteiger partial charge in [0.15, 0.2) is 5.65 Å². The minimum Gasteiger partial charge on any atom is -0.333 e. The highest BCUT2D eigenvalue weighted by molar-refractivity contribution is 5.75. The van der Waals surface area contributed by atoms with E-state index in [1.807, 2.05) is 6.92 Å². The van der Waals surface area contributed by atoms with Gasteiger partial charge in [0.05, 0.1) is 0 Å². The maximum Gasteiger partial charge on any atom is 0.332 e. The molecule has 0 aliphatic rings. The zero-order chi connectivity index (χ0) is 17.3.